The first-order chi connectivity index (χ1) is 9.90. The van der Waals surface area contributed by atoms with E-state index in [1.165, 1.54) is 25.7 Å². The van der Waals surface area contributed by atoms with Crippen LogP contribution >= 0.6 is 0 Å². The number of hydrogen-bond donors (Lipinski definition) is 1. The van der Waals surface area contributed by atoms with Gasteiger partial charge in [-0.3, -0.25) is 10.1 Å². The normalized spacial score (nSPS) is 29.1. The third-order valence-corrected chi connectivity index (χ3v) is 5.47. The number of rotatable bonds is 6. The van der Waals surface area contributed by atoms with Gasteiger partial charge in [0, 0.05) is 6.54 Å². The van der Waals surface area contributed by atoms with Crippen LogP contribution in [0.15, 0.2) is 0 Å². The molecule has 0 aromatic rings. The molecule has 2 aliphatic rings. The smallest absolute Gasteiger partial charge is 0.241 e. The monoisotopic (exact) mass is 294 g/mol. The summed E-state index contributed by atoms with van der Waals surface area (Å²) in [5.41, 5.74) is 0. The predicted molar refractivity (Wildman–Crippen MR) is 87.8 cm³/mol. The number of amides is 1. The predicted octanol–water partition coefficient (Wildman–Crippen LogP) is 3.64. The molecule has 21 heavy (non-hydrogen) atoms. The Morgan fingerprint density at radius 1 is 1.14 bits per heavy atom. The molecule has 3 nitrogen and oxygen atoms in total. The summed E-state index contributed by atoms with van der Waals surface area (Å²) in [5, 5.41) is 3.68. The van der Waals surface area contributed by atoms with Gasteiger partial charge in [0.2, 0.25) is 5.91 Å². The number of carbonyl (C=O) groups excluding carboxylic acids is 1. The van der Waals surface area contributed by atoms with Gasteiger partial charge in [-0.2, -0.15) is 0 Å². The highest BCUT2D eigenvalue weighted by molar-refractivity contribution is 5.84. The molecule has 0 spiro atoms. The molecule has 0 radical (unpaired) electrons. The Hall–Kier alpha value is -0.570. The third-order valence-electron chi connectivity index (χ3n) is 5.47. The lowest BCUT2D eigenvalue weighted by Gasteiger charge is -2.32. The molecule has 1 aliphatic carbocycles. The van der Waals surface area contributed by atoms with E-state index in [1.54, 1.807) is 0 Å². The van der Waals surface area contributed by atoms with Crippen LogP contribution in [0.25, 0.3) is 0 Å². The van der Waals surface area contributed by atoms with Gasteiger partial charge in [0.15, 0.2) is 0 Å². The average molecular weight is 294 g/mol. The van der Waals surface area contributed by atoms with Crippen molar-refractivity contribution in [3.63, 3.8) is 0 Å². The zero-order chi connectivity index (χ0) is 15.6. The van der Waals surface area contributed by atoms with E-state index in [0.717, 1.165) is 13.0 Å². The van der Waals surface area contributed by atoms with Crippen LogP contribution in [0.4, 0.5) is 0 Å². The van der Waals surface area contributed by atoms with Gasteiger partial charge in [0.05, 0.1) is 12.2 Å². The van der Waals surface area contributed by atoms with Gasteiger partial charge in [0.1, 0.15) is 0 Å². The van der Waals surface area contributed by atoms with Crippen LogP contribution in [-0.4, -0.2) is 29.6 Å². The molecule has 1 saturated carbocycles. The van der Waals surface area contributed by atoms with Crippen molar-refractivity contribution < 1.29 is 4.79 Å². The lowest BCUT2D eigenvalue weighted by Crippen LogP contribution is -2.45. The zero-order valence-corrected chi connectivity index (χ0v) is 14.6. The van der Waals surface area contributed by atoms with Crippen LogP contribution in [0.2, 0.25) is 0 Å². The first kappa shape index (κ1) is 16.8. The molecule has 3 heteroatoms. The van der Waals surface area contributed by atoms with Gasteiger partial charge >= 0.3 is 0 Å². The largest absolute Gasteiger partial charge is 0.325 e. The summed E-state index contributed by atoms with van der Waals surface area (Å²) in [7, 11) is 0. The molecule has 2 fully saturated rings. The van der Waals surface area contributed by atoms with E-state index in [0.29, 0.717) is 35.7 Å². The summed E-state index contributed by atoms with van der Waals surface area (Å²) < 4.78 is 0. The van der Waals surface area contributed by atoms with Gasteiger partial charge in [0.25, 0.3) is 0 Å². The summed E-state index contributed by atoms with van der Waals surface area (Å²) in [6.45, 7) is 12.1. The topological polar surface area (TPSA) is 32.3 Å². The molecule has 3 atom stereocenters. The first-order valence-corrected chi connectivity index (χ1v) is 8.96. The molecular weight excluding hydrogens is 260 g/mol. The van der Waals surface area contributed by atoms with Crippen molar-refractivity contribution in [2.45, 2.75) is 78.9 Å². The second-order valence-corrected chi connectivity index (χ2v) is 8.05. The van der Waals surface area contributed by atoms with Crippen molar-refractivity contribution in [2.24, 2.45) is 23.7 Å². The van der Waals surface area contributed by atoms with Gasteiger partial charge in [-0.15, -0.1) is 0 Å². The van der Waals surface area contributed by atoms with E-state index < -0.39 is 0 Å². The molecule has 1 saturated heterocycles. The Kier molecular flexibility index (Phi) is 5.70. The van der Waals surface area contributed by atoms with Crippen LogP contribution in [0, 0.1) is 23.7 Å². The zero-order valence-electron chi connectivity index (χ0n) is 14.6. The molecule has 1 aliphatic heterocycles. The minimum Gasteiger partial charge on any atom is -0.325 e. The van der Waals surface area contributed by atoms with E-state index in [4.69, 9.17) is 0 Å². The number of nitrogens with one attached hydrogen (secondary N) is 1. The standard InChI is InChI=1S/C18H34N2O/c1-12(2)10-16-18(21)20(11-14(5)13(3)4)17(19-16)15-8-6-7-9-15/h12-17,19H,6-11H2,1-5H3. The van der Waals surface area contributed by atoms with Crippen molar-refractivity contribution in [3.05, 3.63) is 0 Å². The summed E-state index contributed by atoms with van der Waals surface area (Å²) in [6, 6.07) is 0.0509. The average Bonchev–Trinajstić information content (AvgIpc) is 3.01. The first-order valence-electron chi connectivity index (χ1n) is 8.96. The maximum Gasteiger partial charge on any atom is 0.241 e. The molecule has 1 amide bonds. The van der Waals surface area contributed by atoms with E-state index in [2.05, 4.69) is 44.8 Å². The minimum absolute atomic E-state index is 0.0509. The molecule has 2 rings (SSSR count). The van der Waals surface area contributed by atoms with Gasteiger partial charge in [-0.25, -0.2) is 0 Å². The van der Waals surface area contributed by atoms with Crippen molar-refractivity contribution in [1.29, 1.82) is 0 Å². The Bertz CT molecular complexity index is 347. The molecule has 1 N–H and O–H groups in total. The Morgan fingerprint density at radius 2 is 1.76 bits per heavy atom. The van der Waals surface area contributed by atoms with Crippen molar-refractivity contribution in [2.75, 3.05) is 6.54 Å². The number of carbonyl (C=O) groups is 1. The molecule has 0 aromatic heterocycles. The third kappa shape index (κ3) is 4.00. The molecule has 0 bridgehead atoms. The number of hydrogen-bond acceptors (Lipinski definition) is 2. The lowest BCUT2D eigenvalue weighted by atomic mass is 9.96. The van der Waals surface area contributed by atoms with Crippen molar-refractivity contribution >= 4 is 5.91 Å². The van der Waals surface area contributed by atoms with E-state index in [9.17, 15) is 4.79 Å². The molecule has 3 unspecified atom stereocenters. The summed E-state index contributed by atoms with van der Waals surface area (Å²) in [4.78, 5) is 15.0. The van der Waals surface area contributed by atoms with E-state index >= 15 is 0 Å². The van der Waals surface area contributed by atoms with Crippen molar-refractivity contribution in [1.82, 2.24) is 10.2 Å². The number of nitrogens with zero attached hydrogens (tertiary/aromatic N) is 1. The molecule has 1 heterocycles. The maximum atomic E-state index is 12.8. The Morgan fingerprint density at radius 3 is 2.29 bits per heavy atom. The fourth-order valence-corrected chi connectivity index (χ4v) is 3.73. The second kappa shape index (κ2) is 7.13. The van der Waals surface area contributed by atoms with E-state index in [-0.39, 0.29) is 6.04 Å². The Balaban J connectivity index is 2.09. The summed E-state index contributed by atoms with van der Waals surface area (Å²) in [5.74, 6) is 2.79. The molecular formula is C18H34N2O. The fourth-order valence-electron chi connectivity index (χ4n) is 3.73. The second-order valence-electron chi connectivity index (χ2n) is 8.05. The Labute approximate surface area is 130 Å². The van der Waals surface area contributed by atoms with Gasteiger partial charge < -0.3 is 4.90 Å². The van der Waals surface area contributed by atoms with Crippen LogP contribution in [0.1, 0.15) is 66.7 Å². The highest BCUT2D eigenvalue weighted by Crippen LogP contribution is 2.33. The minimum atomic E-state index is 0.0509. The van der Waals surface area contributed by atoms with Crippen molar-refractivity contribution in [3.8, 4) is 0 Å². The summed E-state index contributed by atoms with van der Waals surface area (Å²) >= 11 is 0. The highest BCUT2D eigenvalue weighted by Gasteiger charge is 2.43. The van der Waals surface area contributed by atoms with E-state index in [1.807, 2.05) is 0 Å². The summed E-state index contributed by atoms with van der Waals surface area (Å²) in [6.07, 6.45) is 6.50. The van der Waals surface area contributed by atoms with Crippen LogP contribution in [0.5, 0.6) is 0 Å². The van der Waals surface area contributed by atoms with Gasteiger partial charge in [-0.1, -0.05) is 47.5 Å². The molecule has 122 valence electrons. The van der Waals surface area contributed by atoms with Gasteiger partial charge in [-0.05, 0) is 42.9 Å². The fraction of sp³-hybridized carbons (Fsp3) is 0.944. The lowest BCUT2D eigenvalue weighted by molar-refractivity contribution is -0.131. The molecule has 0 aromatic carbocycles. The van der Waals surface area contributed by atoms with Crippen LogP contribution in [-0.2, 0) is 4.79 Å². The highest BCUT2D eigenvalue weighted by atomic mass is 16.2. The quantitative estimate of drug-likeness (QED) is 0.811. The van der Waals surface area contributed by atoms with Crippen LogP contribution in [0.3, 0.4) is 0 Å². The van der Waals surface area contributed by atoms with Crippen LogP contribution < -0.4 is 5.32 Å². The maximum absolute atomic E-state index is 12.8. The SMILES string of the molecule is CC(C)CC1NC(C2CCCC2)N(CC(C)C(C)C)C1=O.